The molecule has 1 aromatic heterocycles. The van der Waals surface area contributed by atoms with Crippen molar-refractivity contribution < 1.29 is 9.59 Å². The molecule has 6 heteroatoms. The lowest BCUT2D eigenvalue weighted by molar-refractivity contribution is -0.134. The van der Waals surface area contributed by atoms with Gasteiger partial charge < -0.3 is 10.6 Å². The number of primary amides is 1. The summed E-state index contributed by atoms with van der Waals surface area (Å²) in [6.45, 7) is 7.84. The van der Waals surface area contributed by atoms with Gasteiger partial charge >= 0.3 is 0 Å². The molecule has 0 radical (unpaired) electrons. The van der Waals surface area contributed by atoms with E-state index in [0.717, 1.165) is 38.0 Å². The second kappa shape index (κ2) is 7.06. The number of hydrogen-bond donors (Lipinski definition) is 1. The van der Waals surface area contributed by atoms with Crippen LogP contribution in [0, 0.1) is 11.3 Å². The van der Waals surface area contributed by atoms with Crippen LogP contribution < -0.4 is 5.73 Å². The third-order valence-corrected chi connectivity index (χ3v) is 4.03. The minimum Gasteiger partial charge on any atom is -0.364 e. The van der Waals surface area contributed by atoms with Crippen LogP contribution in [0.1, 0.15) is 56.2 Å². The van der Waals surface area contributed by atoms with Crippen LogP contribution in [0.25, 0.3) is 0 Å². The van der Waals surface area contributed by atoms with Gasteiger partial charge in [-0.25, -0.2) is 9.97 Å². The summed E-state index contributed by atoms with van der Waals surface area (Å²) < 4.78 is 0. The quantitative estimate of drug-likeness (QED) is 0.916. The van der Waals surface area contributed by atoms with Crippen LogP contribution in [0.3, 0.4) is 0 Å². The van der Waals surface area contributed by atoms with E-state index >= 15 is 0 Å². The summed E-state index contributed by atoms with van der Waals surface area (Å²) in [6, 6.07) is 1.65. The van der Waals surface area contributed by atoms with Crippen LogP contribution in [0.2, 0.25) is 0 Å². The molecule has 23 heavy (non-hydrogen) atoms. The van der Waals surface area contributed by atoms with E-state index in [0.29, 0.717) is 12.3 Å². The first kappa shape index (κ1) is 17.4. The van der Waals surface area contributed by atoms with Crippen molar-refractivity contribution in [3.05, 3.63) is 23.8 Å². The molecule has 1 saturated heterocycles. The van der Waals surface area contributed by atoms with Gasteiger partial charge in [0.2, 0.25) is 5.91 Å². The third kappa shape index (κ3) is 5.30. The smallest absolute Gasteiger partial charge is 0.267 e. The molecular weight excluding hydrogens is 292 g/mol. The van der Waals surface area contributed by atoms with E-state index in [1.165, 1.54) is 6.33 Å². The largest absolute Gasteiger partial charge is 0.364 e. The van der Waals surface area contributed by atoms with E-state index in [-0.39, 0.29) is 17.0 Å². The van der Waals surface area contributed by atoms with E-state index in [2.05, 4.69) is 30.7 Å². The molecule has 1 fully saturated rings. The Morgan fingerprint density at radius 2 is 2.09 bits per heavy atom. The molecule has 0 aliphatic carbocycles. The molecule has 1 unspecified atom stereocenters. The fraction of sp³-hybridized carbons (Fsp3) is 0.647. The van der Waals surface area contributed by atoms with Gasteiger partial charge in [-0.2, -0.15) is 0 Å². The summed E-state index contributed by atoms with van der Waals surface area (Å²) in [5, 5.41) is 0. The maximum absolute atomic E-state index is 12.4. The minimum absolute atomic E-state index is 0.00701. The summed E-state index contributed by atoms with van der Waals surface area (Å²) >= 11 is 0. The van der Waals surface area contributed by atoms with Gasteiger partial charge in [0.15, 0.2) is 0 Å². The Bertz CT molecular complexity index is 580. The molecule has 126 valence electrons. The summed E-state index contributed by atoms with van der Waals surface area (Å²) in [6.07, 6.45) is 4.76. The zero-order valence-corrected chi connectivity index (χ0v) is 14.2. The Morgan fingerprint density at radius 1 is 1.35 bits per heavy atom. The Labute approximate surface area is 137 Å². The molecular formula is C17H26N4O2. The monoisotopic (exact) mass is 318 g/mol. The third-order valence-electron chi connectivity index (χ3n) is 4.03. The summed E-state index contributed by atoms with van der Waals surface area (Å²) in [5.41, 5.74) is 6.31. The van der Waals surface area contributed by atoms with Gasteiger partial charge in [0.05, 0.1) is 0 Å². The van der Waals surface area contributed by atoms with Crippen molar-refractivity contribution in [2.45, 2.75) is 46.5 Å². The molecule has 6 nitrogen and oxygen atoms in total. The fourth-order valence-electron chi connectivity index (χ4n) is 2.96. The van der Waals surface area contributed by atoms with Crippen molar-refractivity contribution in [3.8, 4) is 0 Å². The van der Waals surface area contributed by atoms with Crippen LogP contribution in [0.5, 0.6) is 0 Å². The predicted octanol–water partition coefficient (Wildman–Crippen LogP) is 1.79. The molecule has 2 N–H and O–H groups in total. The number of hydrogen-bond acceptors (Lipinski definition) is 4. The van der Waals surface area contributed by atoms with Crippen molar-refractivity contribution in [3.63, 3.8) is 0 Å². The molecule has 2 heterocycles. The van der Waals surface area contributed by atoms with Gasteiger partial charge in [-0.05, 0) is 36.7 Å². The predicted molar refractivity (Wildman–Crippen MR) is 87.6 cm³/mol. The Balaban J connectivity index is 1.97. The second-order valence-electron chi connectivity index (χ2n) is 7.55. The highest BCUT2D eigenvalue weighted by atomic mass is 16.2. The minimum atomic E-state index is -0.542. The average Bonchev–Trinajstić information content (AvgIpc) is 2.46. The van der Waals surface area contributed by atoms with Crippen LogP contribution in [-0.4, -0.2) is 39.8 Å². The maximum Gasteiger partial charge on any atom is 0.267 e. The van der Waals surface area contributed by atoms with Crippen LogP contribution in [0.15, 0.2) is 12.4 Å². The molecule has 2 amide bonds. The normalized spacial score (nSPS) is 18.7. The highest BCUT2D eigenvalue weighted by Crippen LogP contribution is 2.24. The molecule has 0 bridgehead atoms. The molecule has 1 aromatic rings. The number of amides is 2. The summed E-state index contributed by atoms with van der Waals surface area (Å²) in [5.74, 6) is 0.0466. The van der Waals surface area contributed by atoms with Gasteiger partial charge in [0.1, 0.15) is 12.0 Å². The van der Waals surface area contributed by atoms with E-state index in [1.54, 1.807) is 6.07 Å². The van der Waals surface area contributed by atoms with Crippen LogP contribution >= 0.6 is 0 Å². The van der Waals surface area contributed by atoms with Crippen LogP contribution in [-0.2, 0) is 11.2 Å². The van der Waals surface area contributed by atoms with Gasteiger partial charge in [-0.15, -0.1) is 0 Å². The fourth-order valence-corrected chi connectivity index (χ4v) is 2.96. The van der Waals surface area contributed by atoms with Crippen molar-refractivity contribution in [1.82, 2.24) is 14.9 Å². The van der Waals surface area contributed by atoms with E-state index < -0.39 is 5.91 Å². The van der Waals surface area contributed by atoms with Crippen molar-refractivity contribution in [2.75, 3.05) is 13.1 Å². The molecule has 2 rings (SSSR count). The number of nitrogens with two attached hydrogens (primary N) is 1. The maximum atomic E-state index is 12.4. The number of rotatable bonds is 4. The highest BCUT2D eigenvalue weighted by Gasteiger charge is 2.27. The molecule has 1 aliphatic rings. The summed E-state index contributed by atoms with van der Waals surface area (Å²) in [4.78, 5) is 33.6. The number of carbonyl (C=O) groups is 2. The van der Waals surface area contributed by atoms with E-state index in [9.17, 15) is 9.59 Å². The molecule has 1 atom stereocenters. The van der Waals surface area contributed by atoms with Crippen LogP contribution in [0.4, 0.5) is 0 Å². The zero-order chi connectivity index (χ0) is 17.0. The first-order valence-electron chi connectivity index (χ1n) is 8.13. The summed E-state index contributed by atoms with van der Waals surface area (Å²) in [7, 11) is 0. The number of aromatic nitrogens is 2. The van der Waals surface area contributed by atoms with E-state index in [4.69, 9.17) is 5.73 Å². The number of likely N-dealkylation sites (tertiary alicyclic amines) is 1. The lowest BCUT2D eigenvalue weighted by atomic mass is 9.89. The SMILES string of the molecule is CC(C)(C)CC(=O)N1CCCC(Cc2cc(C(N)=O)ncn2)C1. The van der Waals surface area contributed by atoms with Crippen molar-refractivity contribution >= 4 is 11.8 Å². The topological polar surface area (TPSA) is 89.2 Å². The number of piperidine rings is 1. The second-order valence-corrected chi connectivity index (χ2v) is 7.55. The Hall–Kier alpha value is -1.98. The Kier molecular flexibility index (Phi) is 5.34. The standard InChI is InChI=1S/C17H26N4O2/c1-17(2,3)9-15(22)21-6-4-5-12(10-21)7-13-8-14(16(18)23)20-11-19-13/h8,11-12H,4-7,9-10H2,1-3H3,(H2,18,23). The zero-order valence-electron chi connectivity index (χ0n) is 14.2. The molecule has 1 aliphatic heterocycles. The van der Waals surface area contributed by atoms with Crippen molar-refractivity contribution in [2.24, 2.45) is 17.1 Å². The average molecular weight is 318 g/mol. The number of nitrogens with zero attached hydrogens (tertiary/aromatic N) is 3. The van der Waals surface area contributed by atoms with Crippen molar-refractivity contribution in [1.29, 1.82) is 0 Å². The van der Waals surface area contributed by atoms with E-state index in [1.807, 2.05) is 4.90 Å². The lowest BCUT2D eigenvalue weighted by Crippen LogP contribution is -2.41. The van der Waals surface area contributed by atoms with Gasteiger partial charge in [-0.3, -0.25) is 9.59 Å². The Morgan fingerprint density at radius 3 is 2.74 bits per heavy atom. The van der Waals surface area contributed by atoms with Gasteiger partial charge in [0, 0.05) is 25.2 Å². The first-order valence-corrected chi connectivity index (χ1v) is 8.13. The van der Waals surface area contributed by atoms with Gasteiger partial charge in [0.25, 0.3) is 5.91 Å². The van der Waals surface area contributed by atoms with Gasteiger partial charge in [-0.1, -0.05) is 20.8 Å². The highest BCUT2D eigenvalue weighted by molar-refractivity contribution is 5.90. The molecule has 0 saturated carbocycles. The first-order chi connectivity index (χ1) is 10.7. The number of carbonyl (C=O) groups excluding carboxylic acids is 2. The lowest BCUT2D eigenvalue weighted by Gasteiger charge is -2.34. The molecule has 0 aromatic carbocycles. The molecule has 0 spiro atoms.